The fourth-order valence-electron chi connectivity index (χ4n) is 2.57. The quantitative estimate of drug-likeness (QED) is 0.485. The summed E-state index contributed by atoms with van der Waals surface area (Å²) >= 11 is 0. The Morgan fingerprint density at radius 2 is 1.76 bits per heavy atom. The minimum atomic E-state index is -0.825. The third kappa shape index (κ3) is 5.28. The predicted octanol–water partition coefficient (Wildman–Crippen LogP) is 3.75. The lowest BCUT2D eigenvalue weighted by molar-refractivity contribution is -0.151. The van der Waals surface area contributed by atoms with Gasteiger partial charge in [-0.2, -0.15) is 0 Å². The molecule has 1 N–H and O–H groups in total. The smallest absolute Gasteiger partial charge is 0.309 e. The van der Waals surface area contributed by atoms with Gasteiger partial charge in [-0.15, -0.1) is 0 Å². The first kappa shape index (κ1) is 18.9. The molecule has 0 spiro atoms. The zero-order valence-electron chi connectivity index (χ0n) is 15.0. The van der Waals surface area contributed by atoms with Crippen LogP contribution in [0.1, 0.15) is 50.4 Å². The van der Waals surface area contributed by atoms with E-state index in [0.29, 0.717) is 17.7 Å². The lowest BCUT2D eigenvalue weighted by Gasteiger charge is -2.19. The van der Waals surface area contributed by atoms with Gasteiger partial charge in [-0.05, 0) is 50.5 Å². The second-order valence-electron chi connectivity index (χ2n) is 6.65. The molecule has 5 heteroatoms. The fraction of sp³-hybridized carbons (Fsp3) is 0.450. The average molecular weight is 343 g/mol. The van der Waals surface area contributed by atoms with Crippen LogP contribution in [0.3, 0.4) is 0 Å². The van der Waals surface area contributed by atoms with Crippen LogP contribution in [0.2, 0.25) is 0 Å². The molecule has 5 nitrogen and oxygen atoms in total. The minimum Gasteiger partial charge on any atom is -0.454 e. The molecule has 0 unspecified atom stereocenters. The highest BCUT2D eigenvalue weighted by molar-refractivity contribution is 6.01. The molecule has 1 aliphatic carbocycles. The van der Waals surface area contributed by atoms with Crippen molar-refractivity contribution < 1.29 is 19.1 Å². The van der Waals surface area contributed by atoms with E-state index in [0.717, 1.165) is 12.8 Å². The minimum absolute atomic E-state index is 0.0806. The van der Waals surface area contributed by atoms with E-state index in [9.17, 15) is 14.4 Å². The van der Waals surface area contributed by atoms with Gasteiger partial charge >= 0.3 is 5.97 Å². The third-order valence-corrected chi connectivity index (χ3v) is 4.23. The normalized spacial score (nSPS) is 17.8. The van der Waals surface area contributed by atoms with Crippen molar-refractivity contribution in [1.29, 1.82) is 0 Å². The van der Waals surface area contributed by atoms with Gasteiger partial charge in [0.05, 0.1) is 5.92 Å². The summed E-state index contributed by atoms with van der Waals surface area (Å²) in [5.74, 6) is -0.917. The zero-order chi connectivity index (χ0) is 18.4. The lowest BCUT2D eigenvalue weighted by Crippen LogP contribution is -2.28. The number of amides is 1. The number of benzene rings is 1. The first-order valence-electron chi connectivity index (χ1n) is 8.69. The van der Waals surface area contributed by atoms with Crippen molar-refractivity contribution in [3.63, 3.8) is 0 Å². The first-order valence-corrected chi connectivity index (χ1v) is 8.69. The van der Waals surface area contributed by atoms with Crippen LogP contribution in [0.25, 0.3) is 0 Å². The van der Waals surface area contributed by atoms with Crippen molar-refractivity contribution in [2.75, 3.05) is 5.32 Å². The van der Waals surface area contributed by atoms with E-state index in [4.69, 9.17) is 4.74 Å². The summed E-state index contributed by atoms with van der Waals surface area (Å²) in [7, 11) is 0. The summed E-state index contributed by atoms with van der Waals surface area (Å²) in [4.78, 5) is 36.2. The van der Waals surface area contributed by atoms with E-state index in [1.165, 1.54) is 0 Å². The van der Waals surface area contributed by atoms with Crippen LogP contribution in [0.5, 0.6) is 0 Å². The maximum absolute atomic E-state index is 12.4. The van der Waals surface area contributed by atoms with E-state index in [2.05, 4.69) is 11.4 Å². The van der Waals surface area contributed by atoms with Gasteiger partial charge in [0.15, 0.2) is 6.10 Å². The van der Waals surface area contributed by atoms with Gasteiger partial charge in [0, 0.05) is 17.2 Å². The topological polar surface area (TPSA) is 72.5 Å². The monoisotopic (exact) mass is 343 g/mol. The molecule has 0 heterocycles. The van der Waals surface area contributed by atoms with Crippen molar-refractivity contribution in [3.8, 4) is 0 Å². The number of allylic oxidation sites excluding steroid dienone is 2. The lowest BCUT2D eigenvalue weighted by atomic mass is 9.94. The van der Waals surface area contributed by atoms with Crippen LogP contribution >= 0.6 is 0 Å². The van der Waals surface area contributed by atoms with Crippen LogP contribution in [0, 0.1) is 11.8 Å². The maximum atomic E-state index is 12.4. The number of carbonyl (C=O) groups is 3. The molecular weight excluding hydrogens is 318 g/mol. The van der Waals surface area contributed by atoms with E-state index in [1.54, 1.807) is 31.2 Å². The number of carbonyl (C=O) groups excluding carboxylic acids is 3. The van der Waals surface area contributed by atoms with Gasteiger partial charge in [-0.3, -0.25) is 14.4 Å². The van der Waals surface area contributed by atoms with E-state index < -0.39 is 6.10 Å². The molecule has 0 saturated carbocycles. The molecule has 2 atom stereocenters. The molecule has 1 aromatic rings. The fourth-order valence-corrected chi connectivity index (χ4v) is 2.57. The Labute approximate surface area is 148 Å². The summed E-state index contributed by atoms with van der Waals surface area (Å²) in [6, 6.07) is 6.61. The Morgan fingerprint density at radius 1 is 1.08 bits per heavy atom. The zero-order valence-corrected chi connectivity index (χ0v) is 15.0. The molecule has 0 saturated heterocycles. The third-order valence-electron chi connectivity index (χ3n) is 4.23. The summed E-state index contributed by atoms with van der Waals surface area (Å²) in [6.45, 7) is 5.21. The van der Waals surface area contributed by atoms with E-state index >= 15 is 0 Å². The number of ether oxygens (including phenoxy) is 1. The van der Waals surface area contributed by atoms with Crippen LogP contribution in [0.15, 0.2) is 36.4 Å². The number of esters is 1. The molecule has 1 amide bonds. The Morgan fingerprint density at radius 3 is 2.32 bits per heavy atom. The number of hydrogen-bond acceptors (Lipinski definition) is 4. The van der Waals surface area contributed by atoms with Gasteiger partial charge in [0.25, 0.3) is 0 Å². The summed E-state index contributed by atoms with van der Waals surface area (Å²) in [5, 5.41) is 2.77. The molecule has 1 aliphatic rings. The van der Waals surface area contributed by atoms with Crippen molar-refractivity contribution in [2.24, 2.45) is 11.8 Å². The van der Waals surface area contributed by atoms with Crippen LogP contribution < -0.4 is 5.32 Å². The Balaban J connectivity index is 1.93. The second-order valence-corrected chi connectivity index (χ2v) is 6.65. The van der Waals surface area contributed by atoms with Gasteiger partial charge < -0.3 is 10.1 Å². The number of ketones is 1. The molecular formula is C20H25NO4. The SMILES string of the molecule is CC(C)C(=O)Nc1ccc(C(=O)[C@@H](C)OC(=O)[C@H]2CC=CCC2)cc1. The Hall–Kier alpha value is -2.43. The average Bonchev–Trinajstić information content (AvgIpc) is 2.62. The Kier molecular flexibility index (Phi) is 6.51. The molecule has 134 valence electrons. The predicted molar refractivity (Wildman–Crippen MR) is 96.3 cm³/mol. The number of anilines is 1. The maximum Gasteiger partial charge on any atom is 0.309 e. The molecule has 25 heavy (non-hydrogen) atoms. The molecule has 0 fully saturated rings. The highest BCUT2D eigenvalue weighted by Gasteiger charge is 2.25. The molecule has 0 aliphatic heterocycles. The van der Waals surface area contributed by atoms with Gasteiger partial charge in [0.2, 0.25) is 11.7 Å². The van der Waals surface area contributed by atoms with Gasteiger partial charge in [-0.25, -0.2) is 0 Å². The molecule has 2 rings (SSSR count). The van der Waals surface area contributed by atoms with Crippen molar-refractivity contribution in [1.82, 2.24) is 0 Å². The van der Waals surface area contributed by atoms with Crippen LogP contribution in [-0.2, 0) is 14.3 Å². The molecule has 1 aromatic carbocycles. The number of nitrogens with one attached hydrogen (secondary N) is 1. The second kappa shape index (κ2) is 8.60. The highest BCUT2D eigenvalue weighted by atomic mass is 16.5. The highest BCUT2D eigenvalue weighted by Crippen LogP contribution is 2.21. The molecule has 0 radical (unpaired) electrons. The van der Waals surface area contributed by atoms with Crippen molar-refractivity contribution >= 4 is 23.3 Å². The van der Waals surface area contributed by atoms with Crippen molar-refractivity contribution in [2.45, 2.75) is 46.1 Å². The van der Waals surface area contributed by atoms with Gasteiger partial charge in [-0.1, -0.05) is 26.0 Å². The Bertz CT molecular complexity index is 661. The number of hydrogen-bond donors (Lipinski definition) is 1. The number of Topliss-reactive ketones (excluding diaryl/α,β-unsaturated/α-hetero) is 1. The van der Waals surface area contributed by atoms with E-state index in [-0.39, 0.29) is 29.5 Å². The van der Waals surface area contributed by atoms with Crippen LogP contribution in [0.4, 0.5) is 5.69 Å². The van der Waals surface area contributed by atoms with Crippen LogP contribution in [-0.4, -0.2) is 23.8 Å². The summed E-state index contributed by atoms with van der Waals surface area (Å²) < 4.78 is 5.34. The summed E-state index contributed by atoms with van der Waals surface area (Å²) in [5.41, 5.74) is 1.08. The largest absolute Gasteiger partial charge is 0.454 e. The molecule has 0 bridgehead atoms. The van der Waals surface area contributed by atoms with Gasteiger partial charge in [0.1, 0.15) is 0 Å². The summed E-state index contributed by atoms with van der Waals surface area (Å²) in [6.07, 6.45) is 5.51. The number of rotatable bonds is 6. The standard InChI is InChI=1S/C20H25NO4/c1-13(2)19(23)21-17-11-9-15(10-12-17)18(22)14(3)25-20(24)16-7-5-4-6-8-16/h4-5,9-14,16H,6-8H2,1-3H3,(H,21,23)/t14-,16+/m1/s1. The first-order chi connectivity index (χ1) is 11.9. The van der Waals surface area contributed by atoms with Crippen molar-refractivity contribution in [3.05, 3.63) is 42.0 Å². The van der Waals surface area contributed by atoms with E-state index in [1.807, 2.05) is 19.9 Å². The molecule has 0 aromatic heterocycles.